The number of carbonyl (C=O) groups excluding carboxylic acids is 1. The second kappa shape index (κ2) is 7.32. The van der Waals surface area contributed by atoms with Crippen LogP contribution in [0, 0.1) is 5.53 Å². The Bertz CT molecular complexity index is 493. The summed E-state index contributed by atoms with van der Waals surface area (Å²) in [6.45, 7) is 0. The zero-order chi connectivity index (χ0) is 12.8. The molecule has 2 aromatic carbocycles. The van der Waals surface area contributed by atoms with Gasteiger partial charge in [-0.3, -0.25) is 5.01 Å². The summed E-state index contributed by atoms with van der Waals surface area (Å²) in [4.78, 5) is 11.3. The van der Waals surface area contributed by atoms with Crippen molar-refractivity contribution >= 4 is 17.4 Å². The van der Waals surface area contributed by atoms with Crippen LogP contribution in [0.5, 0.6) is 0 Å². The van der Waals surface area contributed by atoms with Crippen LogP contribution in [-0.2, 0) is 17.4 Å². The number of para-hydroxylation sites is 2. The first-order valence-corrected chi connectivity index (χ1v) is 5.39. The fourth-order valence-electron chi connectivity index (χ4n) is 1.55. The molecule has 0 atom stereocenters. The number of hydrogen-bond acceptors (Lipinski definition) is 3. The van der Waals surface area contributed by atoms with Crippen molar-refractivity contribution in [2.75, 3.05) is 5.01 Å². The number of nitrogens with zero attached hydrogens (tertiary/aromatic N) is 2. The Morgan fingerprint density at radius 1 is 0.947 bits per heavy atom. The van der Waals surface area contributed by atoms with Gasteiger partial charge in [0.05, 0.1) is 11.4 Å². The Balaban J connectivity index is 0.00000180. The molecule has 0 saturated heterocycles. The number of nitrogens with one attached hydrogen (secondary N) is 2. The van der Waals surface area contributed by atoms with Crippen molar-refractivity contribution in [2.24, 2.45) is 5.11 Å². The zero-order valence-electron chi connectivity index (χ0n) is 9.98. The first kappa shape index (κ1) is 14.9. The summed E-state index contributed by atoms with van der Waals surface area (Å²) >= 11 is 0. The number of urea groups is 1. The van der Waals surface area contributed by atoms with Gasteiger partial charge >= 0.3 is 6.03 Å². The van der Waals surface area contributed by atoms with Gasteiger partial charge in [0.2, 0.25) is 0 Å². The van der Waals surface area contributed by atoms with Gasteiger partial charge in [0.15, 0.2) is 0 Å². The monoisotopic (exact) mass is 292 g/mol. The SMILES string of the molecule is N=NC(=O)NN(c1ccccc1)c1ccccc1.[Cr]. The Labute approximate surface area is 121 Å². The molecule has 0 aliphatic carbocycles. The van der Waals surface area contributed by atoms with Crippen molar-refractivity contribution in [2.45, 2.75) is 0 Å². The molecule has 6 heteroatoms. The molecule has 0 radical (unpaired) electrons. The maximum Gasteiger partial charge on any atom is 0.378 e. The van der Waals surface area contributed by atoms with Crippen LogP contribution in [0.15, 0.2) is 65.8 Å². The molecule has 2 rings (SSSR count). The van der Waals surface area contributed by atoms with Crippen molar-refractivity contribution in [3.8, 4) is 0 Å². The fraction of sp³-hybridized carbons (Fsp3) is 0. The van der Waals surface area contributed by atoms with E-state index in [1.54, 1.807) is 5.01 Å². The number of amides is 2. The fourth-order valence-corrected chi connectivity index (χ4v) is 1.55. The Morgan fingerprint density at radius 2 is 1.37 bits per heavy atom. The summed E-state index contributed by atoms with van der Waals surface area (Å²) in [5.74, 6) is 0. The van der Waals surface area contributed by atoms with E-state index in [4.69, 9.17) is 5.53 Å². The Hall–Kier alpha value is -2.16. The third-order valence-electron chi connectivity index (χ3n) is 2.34. The average Bonchev–Trinajstić information content (AvgIpc) is 2.46. The first-order valence-electron chi connectivity index (χ1n) is 5.39. The smallest absolute Gasteiger partial charge is 0.252 e. The van der Waals surface area contributed by atoms with Crippen molar-refractivity contribution in [1.29, 1.82) is 5.53 Å². The van der Waals surface area contributed by atoms with E-state index < -0.39 is 6.03 Å². The summed E-state index contributed by atoms with van der Waals surface area (Å²) in [6, 6.07) is 18.0. The minimum absolute atomic E-state index is 0. The van der Waals surface area contributed by atoms with E-state index in [-0.39, 0.29) is 17.4 Å². The van der Waals surface area contributed by atoms with Crippen LogP contribution in [0.25, 0.3) is 0 Å². The van der Waals surface area contributed by atoms with E-state index >= 15 is 0 Å². The second-order valence-electron chi connectivity index (χ2n) is 3.54. The summed E-state index contributed by atoms with van der Waals surface area (Å²) in [5, 5.41) is 4.42. The van der Waals surface area contributed by atoms with Gasteiger partial charge in [-0.15, -0.1) is 0 Å². The van der Waals surface area contributed by atoms with Crippen molar-refractivity contribution < 1.29 is 22.2 Å². The molecular formula is C13H12CrN4O. The average molecular weight is 292 g/mol. The van der Waals surface area contributed by atoms with Crippen LogP contribution in [0.2, 0.25) is 0 Å². The molecule has 0 aliphatic heterocycles. The Morgan fingerprint density at radius 3 is 1.74 bits per heavy atom. The van der Waals surface area contributed by atoms with Crippen LogP contribution in [0.4, 0.5) is 16.2 Å². The summed E-state index contributed by atoms with van der Waals surface area (Å²) in [6.07, 6.45) is 0. The number of anilines is 2. The molecule has 19 heavy (non-hydrogen) atoms. The van der Waals surface area contributed by atoms with Crippen LogP contribution in [0.1, 0.15) is 0 Å². The molecule has 96 valence electrons. The van der Waals surface area contributed by atoms with Gasteiger partial charge in [0.1, 0.15) is 0 Å². The molecule has 0 bridgehead atoms. The van der Waals surface area contributed by atoms with Crippen molar-refractivity contribution in [3.05, 3.63) is 60.7 Å². The van der Waals surface area contributed by atoms with Gasteiger partial charge in [-0.1, -0.05) is 41.5 Å². The maximum absolute atomic E-state index is 11.3. The van der Waals surface area contributed by atoms with Gasteiger partial charge < -0.3 is 0 Å². The van der Waals surface area contributed by atoms with E-state index in [2.05, 4.69) is 10.5 Å². The van der Waals surface area contributed by atoms with E-state index in [0.29, 0.717) is 0 Å². The molecule has 0 fully saturated rings. The third kappa shape index (κ3) is 3.92. The van der Waals surface area contributed by atoms with Crippen LogP contribution < -0.4 is 10.4 Å². The van der Waals surface area contributed by atoms with Gasteiger partial charge in [-0.05, 0) is 24.3 Å². The van der Waals surface area contributed by atoms with E-state index in [0.717, 1.165) is 11.4 Å². The maximum atomic E-state index is 11.3. The van der Waals surface area contributed by atoms with Gasteiger partial charge in [0.25, 0.3) is 0 Å². The van der Waals surface area contributed by atoms with E-state index in [1.807, 2.05) is 60.7 Å². The van der Waals surface area contributed by atoms with E-state index in [9.17, 15) is 4.79 Å². The number of hydrazine groups is 1. The second-order valence-corrected chi connectivity index (χ2v) is 3.54. The molecule has 0 spiro atoms. The summed E-state index contributed by atoms with van der Waals surface area (Å²) in [5.41, 5.74) is 10.8. The number of rotatable bonds is 3. The quantitative estimate of drug-likeness (QED) is 0.671. The predicted octanol–water partition coefficient (Wildman–Crippen LogP) is 3.48. The summed E-state index contributed by atoms with van der Waals surface area (Å²) in [7, 11) is 0. The standard InChI is InChI=1S/C13H12N4O.Cr/c14-15-13(18)16-17(11-7-3-1-4-8-11)12-9-5-2-6-10-12;/h1-10,14H,(H,16,18);. The number of carbonyl (C=O) groups is 1. The topological polar surface area (TPSA) is 68.5 Å². The van der Waals surface area contributed by atoms with Crippen molar-refractivity contribution in [1.82, 2.24) is 5.43 Å². The van der Waals surface area contributed by atoms with Gasteiger partial charge in [0, 0.05) is 17.4 Å². The van der Waals surface area contributed by atoms with Crippen LogP contribution in [0.3, 0.4) is 0 Å². The molecule has 0 aromatic heterocycles. The summed E-state index contributed by atoms with van der Waals surface area (Å²) < 4.78 is 0. The third-order valence-corrected chi connectivity index (χ3v) is 2.34. The largest absolute Gasteiger partial charge is 0.378 e. The van der Waals surface area contributed by atoms with E-state index in [1.165, 1.54) is 0 Å². The first-order chi connectivity index (χ1) is 8.81. The van der Waals surface area contributed by atoms with Crippen LogP contribution in [-0.4, -0.2) is 6.03 Å². The molecule has 0 saturated carbocycles. The van der Waals surface area contributed by atoms with Crippen LogP contribution >= 0.6 is 0 Å². The minimum atomic E-state index is -0.720. The normalized spacial score (nSPS) is 9.05. The molecule has 5 nitrogen and oxygen atoms in total. The number of benzene rings is 2. The minimum Gasteiger partial charge on any atom is -0.252 e. The molecule has 0 unspecified atom stereocenters. The molecule has 0 aliphatic rings. The van der Waals surface area contributed by atoms with Gasteiger partial charge in [-0.25, -0.2) is 10.2 Å². The molecule has 2 N–H and O–H groups in total. The van der Waals surface area contributed by atoms with Gasteiger partial charge in [-0.2, -0.15) is 5.53 Å². The Kier molecular flexibility index (Phi) is 5.74. The van der Waals surface area contributed by atoms with Crippen molar-refractivity contribution in [3.63, 3.8) is 0 Å². The zero-order valence-corrected chi connectivity index (χ0v) is 11.3. The number of hydrogen-bond donors (Lipinski definition) is 2. The molecule has 2 amide bonds. The predicted molar refractivity (Wildman–Crippen MR) is 68.7 cm³/mol. The molecule has 2 aromatic rings. The molecular weight excluding hydrogens is 280 g/mol. The molecule has 0 heterocycles.